The van der Waals surface area contributed by atoms with Crippen LogP contribution in [0.15, 0.2) is 24.3 Å². The highest BCUT2D eigenvalue weighted by molar-refractivity contribution is 5.86. The van der Waals surface area contributed by atoms with Crippen LogP contribution in [0.3, 0.4) is 0 Å². The molecule has 1 amide bonds. The molecule has 104 valence electrons. The van der Waals surface area contributed by atoms with E-state index in [0.717, 1.165) is 12.0 Å². The van der Waals surface area contributed by atoms with Crippen molar-refractivity contribution in [2.24, 2.45) is 5.92 Å². The van der Waals surface area contributed by atoms with E-state index in [1.807, 2.05) is 12.1 Å². The summed E-state index contributed by atoms with van der Waals surface area (Å²) in [6.45, 7) is 7.07. The van der Waals surface area contributed by atoms with Crippen LogP contribution in [0.4, 0.5) is 0 Å². The SMILES string of the molecule is CC(=O)NC(C)(C(=O)O)c1ccc(CC(C)C)cc1. The highest BCUT2D eigenvalue weighted by atomic mass is 16.4. The van der Waals surface area contributed by atoms with E-state index in [1.54, 1.807) is 12.1 Å². The largest absolute Gasteiger partial charge is 0.479 e. The van der Waals surface area contributed by atoms with Crippen LogP contribution in [-0.2, 0) is 21.5 Å². The van der Waals surface area contributed by atoms with Crippen molar-refractivity contribution < 1.29 is 14.7 Å². The van der Waals surface area contributed by atoms with Crippen LogP contribution in [0.2, 0.25) is 0 Å². The lowest BCUT2D eigenvalue weighted by molar-refractivity contribution is -0.147. The molecular formula is C15H21NO3. The van der Waals surface area contributed by atoms with E-state index in [4.69, 9.17) is 0 Å². The number of benzene rings is 1. The Bertz CT molecular complexity index is 465. The molecule has 1 aromatic rings. The molecule has 2 N–H and O–H groups in total. The van der Waals surface area contributed by atoms with Crippen molar-refractivity contribution in [2.45, 2.75) is 39.7 Å². The fourth-order valence-electron chi connectivity index (χ4n) is 2.05. The number of hydrogen-bond donors (Lipinski definition) is 2. The highest BCUT2D eigenvalue weighted by Gasteiger charge is 2.35. The van der Waals surface area contributed by atoms with E-state index in [0.29, 0.717) is 11.5 Å². The lowest BCUT2D eigenvalue weighted by Crippen LogP contribution is -2.48. The van der Waals surface area contributed by atoms with Gasteiger partial charge in [0.05, 0.1) is 0 Å². The third-order valence-corrected chi connectivity index (χ3v) is 3.03. The molecule has 1 aromatic carbocycles. The first-order chi connectivity index (χ1) is 8.75. The summed E-state index contributed by atoms with van der Waals surface area (Å²) in [7, 11) is 0. The normalized spacial score (nSPS) is 13.9. The quantitative estimate of drug-likeness (QED) is 0.856. The maximum absolute atomic E-state index is 11.4. The second-order valence-electron chi connectivity index (χ2n) is 5.41. The van der Waals surface area contributed by atoms with Crippen molar-refractivity contribution in [3.8, 4) is 0 Å². The van der Waals surface area contributed by atoms with Crippen LogP contribution in [-0.4, -0.2) is 17.0 Å². The Morgan fingerprint density at radius 2 is 1.79 bits per heavy atom. The van der Waals surface area contributed by atoms with Crippen LogP contribution < -0.4 is 5.32 Å². The van der Waals surface area contributed by atoms with Gasteiger partial charge < -0.3 is 10.4 Å². The minimum absolute atomic E-state index is 0.365. The highest BCUT2D eigenvalue weighted by Crippen LogP contribution is 2.22. The summed E-state index contributed by atoms with van der Waals surface area (Å²) in [4.78, 5) is 22.6. The van der Waals surface area contributed by atoms with Crippen molar-refractivity contribution in [3.63, 3.8) is 0 Å². The Kier molecular flexibility index (Phi) is 4.70. The molecule has 0 aliphatic carbocycles. The zero-order valence-electron chi connectivity index (χ0n) is 11.9. The third kappa shape index (κ3) is 3.81. The molecule has 19 heavy (non-hydrogen) atoms. The standard InChI is InChI=1S/C15H21NO3/c1-10(2)9-12-5-7-13(8-6-12)15(4,14(18)19)16-11(3)17/h5-8,10H,9H2,1-4H3,(H,16,17)(H,18,19). The van der Waals surface area contributed by atoms with Gasteiger partial charge in [0.25, 0.3) is 0 Å². The predicted molar refractivity (Wildman–Crippen MR) is 73.8 cm³/mol. The summed E-state index contributed by atoms with van der Waals surface area (Å²) in [6.07, 6.45) is 0.949. The molecule has 0 saturated heterocycles. The second-order valence-corrected chi connectivity index (χ2v) is 5.41. The molecule has 0 aliphatic heterocycles. The Labute approximate surface area is 113 Å². The maximum atomic E-state index is 11.4. The van der Waals surface area contributed by atoms with Gasteiger partial charge >= 0.3 is 5.97 Å². The van der Waals surface area contributed by atoms with Gasteiger partial charge in [0.15, 0.2) is 5.54 Å². The number of carboxylic acids is 1. The van der Waals surface area contributed by atoms with Crippen LogP contribution >= 0.6 is 0 Å². The van der Waals surface area contributed by atoms with Crippen LogP contribution in [0, 0.1) is 5.92 Å². The molecule has 0 saturated carbocycles. The van der Waals surface area contributed by atoms with E-state index in [2.05, 4.69) is 19.2 Å². The number of aliphatic carboxylic acids is 1. The molecule has 4 heteroatoms. The van der Waals surface area contributed by atoms with Gasteiger partial charge in [0.2, 0.25) is 5.91 Å². The predicted octanol–water partition coefficient (Wildman–Crippen LogP) is 2.32. The summed E-state index contributed by atoms with van der Waals surface area (Å²) in [5.41, 5.74) is 0.347. The molecule has 0 aliphatic rings. The van der Waals surface area contributed by atoms with Crippen LogP contribution in [0.5, 0.6) is 0 Å². The van der Waals surface area contributed by atoms with Gasteiger partial charge in [0, 0.05) is 6.92 Å². The Balaban J connectivity index is 3.04. The van der Waals surface area contributed by atoms with Gasteiger partial charge in [-0.05, 0) is 30.4 Å². The number of rotatable bonds is 5. The second kappa shape index (κ2) is 5.87. The average Bonchev–Trinajstić information content (AvgIpc) is 2.27. The van der Waals surface area contributed by atoms with Gasteiger partial charge in [-0.2, -0.15) is 0 Å². The number of carboxylic acid groups (broad SMARTS) is 1. The van der Waals surface area contributed by atoms with Crippen molar-refractivity contribution in [3.05, 3.63) is 35.4 Å². The molecule has 1 unspecified atom stereocenters. The van der Waals surface area contributed by atoms with E-state index in [9.17, 15) is 14.7 Å². The van der Waals surface area contributed by atoms with Crippen molar-refractivity contribution >= 4 is 11.9 Å². The first-order valence-corrected chi connectivity index (χ1v) is 6.37. The number of hydrogen-bond acceptors (Lipinski definition) is 2. The topological polar surface area (TPSA) is 66.4 Å². The summed E-state index contributed by atoms with van der Waals surface area (Å²) >= 11 is 0. The van der Waals surface area contributed by atoms with E-state index >= 15 is 0 Å². The number of carbonyl (C=O) groups excluding carboxylic acids is 1. The minimum atomic E-state index is -1.39. The first kappa shape index (κ1) is 15.2. The van der Waals surface area contributed by atoms with Crippen molar-refractivity contribution in [2.75, 3.05) is 0 Å². The van der Waals surface area contributed by atoms with Gasteiger partial charge in [0.1, 0.15) is 0 Å². The average molecular weight is 263 g/mol. The zero-order chi connectivity index (χ0) is 14.6. The smallest absolute Gasteiger partial charge is 0.333 e. The van der Waals surface area contributed by atoms with Gasteiger partial charge in [-0.15, -0.1) is 0 Å². The summed E-state index contributed by atoms with van der Waals surface area (Å²) in [5, 5.41) is 11.8. The molecule has 0 fully saturated rings. The Morgan fingerprint density at radius 1 is 1.26 bits per heavy atom. The summed E-state index contributed by atoms with van der Waals surface area (Å²) < 4.78 is 0. The Hall–Kier alpha value is -1.84. The summed E-state index contributed by atoms with van der Waals surface area (Å²) in [5.74, 6) is -0.887. The van der Waals surface area contributed by atoms with Crippen LogP contribution in [0.1, 0.15) is 38.8 Å². The first-order valence-electron chi connectivity index (χ1n) is 6.37. The molecule has 0 bridgehead atoms. The van der Waals surface area contributed by atoms with E-state index in [1.165, 1.54) is 13.8 Å². The van der Waals surface area contributed by atoms with Crippen molar-refractivity contribution in [1.29, 1.82) is 0 Å². The molecular weight excluding hydrogens is 242 g/mol. The number of carbonyl (C=O) groups is 2. The lowest BCUT2D eigenvalue weighted by Gasteiger charge is -2.26. The lowest BCUT2D eigenvalue weighted by atomic mass is 9.90. The van der Waals surface area contributed by atoms with Crippen molar-refractivity contribution in [1.82, 2.24) is 5.32 Å². The molecule has 4 nitrogen and oxygen atoms in total. The molecule has 1 rings (SSSR count). The van der Waals surface area contributed by atoms with Gasteiger partial charge in [-0.1, -0.05) is 38.1 Å². The number of amides is 1. The Morgan fingerprint density at radius 3 is 2.16 bits per heavy atom. The maximum Gasteiger partial charge on any atom is 0.333 e. The van der Waals surface area contributed by atoms with Gasteiger partial charge in [-0.3, -0.25) is 4.79 Å². The third-order valence-electron chi connectivity index (χ3n) is 3.03. The number of nitrogens with one attached hydrogen (secondary N) is 1. The monoisotopic (exact) mass is 263 g/mol. The zero-order valence-corrected chi connectivity index (χ0v) is 11.9. The van der Waals surface area contributed by atoms with Crippen LogP contribution in [0.25, 0.3) is 0 Å². The fraction of sp³-hybridized carbons (Fsp3) is 0.467. The fourth-order valence-corrected chi connectivity index (χ4v) is 2.05. The molecule has 1 atom stereocenters. The van der Waals surface area contributed by atoms with E-state index in [-0.39, 0.29) is 5.91 Å². The summed E-state index contributed by atoms with van der Waals surface area (Å²) in [6, 6.07) is 7.36. The molecule has 0 aromatic heterocycles. The van der Waals surface area contributed by atoms with E-state index < -0.39 is 11.5 Å². The van der Waals surface area contributed by atoms with Gasteiger partial charge in [-0.25, -0.2) is 4.79 Å². The molecule has 0 radical (unpaired) electrons. The molecule has 0 heterocycles. The minimum Gasteiger partial charge on any atom is -0.479 e. The molecule has 0 spiro atoms.